The van der Waals surface area contributed by atoms with Crippen LogP contribution in [0.3, 0.4) is 0 Å². The summed E-state index contributed by atoms with van der Waals surface area (Å²) in [5.74, 6) is 0.895. The lowest BCUT2D eigenvalue weighted by Crippen LogP contribution is -2.26. The summed E-state index contributed by atoms with van der Waals surface area (Å²) in [7, 11) is 0. The molecule has 0 aromatic heterocycles. The van der Waals surface area contributed by atoms with Gasteiger partial charge >= 0.3 is 0 Å². The van der Waals surface area contributed by atoms with Crippen LogP contribution < -0.4 is 4.74 Å². The standard InChI is InChI=1S/C17H19BrO2/c1-14-12-15(6-7-16(14)20-11-5-10-18)17(13-19)8-3-2-4-9-17/h2-4,6-8,12-13H,5,9-11H2,1H3. The quantitative estimate of drug-likeness (QED) is 0.444. The molecule has 2 nitrogen and oxygen atoms in total. The molecule has 0 heterocycles. The summed E-state index contributed by atoms with van der Waals surface area (Å²) in [4.78, 5) is 11.6. The maximum atomic E-state index is 11.6. The number of aldehydes is 1. The summed E-state index contributed by atoms with van der Waals surface area (Å²) in [6, 6.07) is 6.02. The zero-order valence-corrected chi connectivity index (χ0v) is 13.2. The first-order valence-electron chi connectivity index (χ1n) is 6.82. The zero-order valence-electron chi connectivity index (χ0n) is 11.6. The molecule has 1 aliphatic carbocycles. The van der Waals surface area contributed by atoms with E-state index in [4.69, 9.17) is 4.74 Å². The van der Waals surface area contributed by atoms with Crippen LogP contribution in [0.2, 0.25) is 0 Å². The first kappa shape index (κ1) is 15.0. The Hall–Kier alpha value is -1.35. The van der Waals surface area contributed by atoms with Crippen molar-refractivity contribution in [3.8, 4) is 5.75 Å². The summed E-state index contributed by atoms with van der Waals surface area (Å²) in [6.45, 7) is 2.72. The van der Waals surface area contributed by atoms with Crippen molar-refractivity contribution in [2.45, 2.75) is 25.2 Å². The van der Waals surface area contributed by atoms with E-state index in [0.717, 1.165) is 41.3 Å². The lowest BCUT2D eigenvalue weighted by Gasteiger charge is -2.26. The van der Waals surface area contributed by atoms with Crippen LogP contribution in [-0.2, 0) is 10.2 Å². The molecule has 0 saturated heterocycles. The molecule has 106 valence electrons. The highest BCUT2D eigenvalue weighted by molar-refractivity contribution is 9.09. The lowest BCUT2D eigenvalue weighted by molar-refractivity contribution is -0.111. The fraction of sp³-hybridized carbons (Fsp3) is 0.353. The molecule has 0 aliphatic heterocycles. The molecule has 2 rings (SSSR count). The molecule has 0 spiro atoms. The van der Waals surface area contributed by atoms with E-state index in [0.29, 0.717) is 6.61 Å². The predicted octanol–water partition coefficient (Wildman–Crippen LogP) is 4.11. The SMILES string of the molecule is Cc1cc(C2(C=O)C=CC=CC2)ccc1OCCCBr. The molecule has 0 N–H and O–H groups in total. The van der Waals surface area contributed by atoms with Crippen LogP contribution in [0.5, 0.6) is 5.75 Å². The molecule has 1 unspecified atom stereocenters. The van der Waals surface area contributed by atoms with Gasteiger partial charge in [-0.1, -0.05) is 52.4 Å². The van der Waals surface area contributed by atoms with Crippen LogP contribution in [0.4, 0.5) is 0 Å². The van der Waals surface area contributed by atoms with E-state index in [1.807, 2.05) is 43.4 Å². The molecule has 0 saturated carbocycles. The Labute approximate surface area is 128 Å². The number of rotatable bonds is 6. The molecular weight excluding hydrogens is 316 g/mol. The summed E-state index contributed by atoms with van der Waals surface area (Å²) in [5.41, 5.74) is 1.58. The number of carbonyl (C=O) groups is 1. The maximum Gasteiger partial charge on any atom is 0.134 e. The van der Waals surface area contributed by atoms with Crippen molar-refractivity contribution in [3.05, 3.63) is 53.6 Å². The molecule has 0 bridgehead atoms. The van der Waals surface area contributed by atoms with Crippen molar-refractivity contribution in [1.29, 1.82) is 0 Å². The van der Waals surface area contributed by atoms with E-state index >= 15 is 0 Å². The fourth-order valence-corrected chi connectivity index (χ4v) is 2.57. The second-order valence-electron chi connectivity index (χ2n) is 5.02. The Kier molecular flexibility index (Phi) is 5.18. The highest BCUT2D eigenvalue weighted by atomic mass is 79.9. The third-order valence-electron chi connectivity index (χ3n) is 3.55. The van der Waals surface area contributed by atoms with Gasteiger partial charge in [-0.05, 0) is 37.0 Å². The monoisotopic (exact) mass is 334 g/mol. The van der Waals surface area contributed by atoms with E-state index in [1.165, 1.54) is 0 Å². The molecule has 1 aliphatic rings. The zero-order chi connectivity index (χ0) is 14.4. The van der Waals surface area contributed by atoms with Crippen LogP contribution >= 0.6 is 15.9 Å². The van der Waals surface area contributed by atoms with Crippen molar-refractivity contribution >= 4 is 22.2 Å². The van der Waals surface area contributed by atoms with Crippen LogP contribution in [0.1, 0.15) is 24.0 Å². The smallest absolute Gasteiger partial charge is 0.134 e. The molecule has 0 radical (unpaired) electrons. The minimum absolute atomic E-state index is 0.520. The Morgan fingerprint density at radius 1 is 1.40 bits per heavy atom. The van der Waals surface area contributed by atoms with Crippen LogP contribution in [-0.4, -0.2) is 18.2 Å². The van der Waals surface area contributed by atoms with E-state index in [2.05, 4.69) is 22.0 Å². The number of carbonyl (C=O) groups excluding carboxylic acids is 1. The number of alkyl halides is 1. The summed E-state index contributed by atoms with van der Waals surface area (Å²) in [6.07, 6.45) is 10.7. The summed E-state index contributed by atoms with van der Waals surface area (Å²) < 4.78 is 5.74. The number of benzene rings is 1. The van der Waals surface area contributed by atoms with Gasteiger partial charge in [0, 0.05) is 5.33 Å². The van der Waals surface area contributed by atoms with Crippen LogP contribution in [0.25, 0.3) is 0 Å². The molecule has 3 heteroatoms. The first-order chi connectivity index (χ1) is 9.72. The van der Waals surface area contributed by atoms with Gasteiger partial charge in [-0.3, -0.25) is 0 Å². The van der Waals surface area contributed by atoms with Gasteiger partial charge in [0.05, 0.1) is 12.0 Å². The molecule has 1 aromatic carbocycles. The van der Waals surface area contributed by atoms with E-state index in [9.17, 15) is 4.79 Å². The topological polar surface area (TPSA) is 26.3 Å². The Balaban J connectivity index is 2.21. The van der Waals surface area contributed by atoms with Crippen LogP contribution in [0.15, 0.2) is 42.5 Å². The molecule has 1 atom stereocenters. The first-order valence-corrected chi connectivity index (χ1v) is 7.94. The van der Waals surface area contributed by atoms with Crippen LogP contribution in [0, 0.1) is 6.92 Å². The molecule has 1 aromatic rings. The van der Waals surface area contributed by atoms with Crippen molar-refractivity contribution in [2.24, 2.45) is 0 Å². The predicted molar refractivity (Wildman–Crippen MR) is 85.7 cm³/mol. The van der Waals surface area contributed by atoms with Crippen molar-refractivity contribution in [1.82, 2.24) is 0 Å². The maximum absolute atomic E-state index is 11.6. The van der Waals surface area contributed by atoms with Crippen molar-refractivity contribution in [3.63, 3.8) is 0 Å². The Morgan fingerprint density at radius 3 is 2.85 bits per heavy atom. The fourth-order valence-electron chi connectivity index (χ4n) is 2.34. The average molecular weight is 335 g/mol. The summed E-state index contributed by atoms with van der Waals surface area (Å²) >= 11 is 3.39. The average Bonchev–Trinajstić information content (AvgIpc) is 2.49. The minimum atomic E-state index is -0.520. The van der Waals surface area contributed by atoms with Gasteiger partial charge in [0.25, 0.3) is 0 Å². The second-order valence-corrected chi connectivity index (χ2v) is 5.81. The van der Waals surface area contributed by atoms with Gasteiger partial charge in [-0.2, -0.15) is 0 Å². The van der Waals surface area contributed by atoms with Gasteiger partial charge < -0.3 is 9.53 Å². The number of hydrogen-bond acceptors (Lipinski definition) is 2. The lowest BCUT2D eigenvalue weighted by atomic mass is 9.76. The highest BCUT2D eigenvalue weighted by Gasteiger charge is 2.29. The van der Waals surface area contributed by atoms with Crippen molar-refractivity contribution < 1.29 is 9.53 Å². The second kappa shape index (κ2) is 6.89. The normalized spacial score (nSPS) is 20.9. The van der Waals surface area contributed by atoms with E-state index < -0.39 is 5.41 Å². The summed E-state index contributed by atoms with van der Waals surface area (Å²) in [5, 5.41) is 0.940. The van der Waals surface area contributed by atoms with Gasteiger partial charge in [-0.25, -0.2) is 0 Å². The minimum Gasteiger partial charge on any atom is -0.493 e. The Morgan fingerprint density at radius 2 is 2.25 bits per heavy atom. The molecule has 0 fully saturated rings. The molecule has 0 amide bonds. The highest BCUT2D eigenvalue weighted by Crippen LogP contribution is 2.33. The Bertz CT molecular complexity index is 534. The number of ether oxygens (including phenoxy) is 1. The third kappa shape index (κ3) is 3.21. The number of aryl methyl sites for hydroxylation is 1. The third-order valence-corrected chi connectivity index (χ3v) is 4.12. The van der Waals surface area contributed by atoms with E-state index in [-0.39, 0.29) is 0 Å². The largest absolute Gasteiger partial charge is 0.493 e. The van der Waals surface area contributed by atoms with Crippen molar-refractivity contribution in [2.75, 3.05) is 11.9 Å². The number of halogens is 1. The number of allylic oxidation sites excluding steroid dienone is 4. The number of hydrogen-bond donors (Lipinski definition) is 0. The van der Waals surface area contributed by atoms with Gasteiger partial charge in [0.2, 0.25) is 0 Å². The van der Waals surface area contributed by atoms with Gasteiger partial charge in [0.15, 0.2) is 0 Å². The molecular formula is C17H19BrO2. The van der Waals surface area contributed by atoms with E-state index in [1.54, 1.807) is 0 Å². The molecule has 20 heavy (non-hydrogen) atoms. The van der Waals surface area contributed by atoms with Gasteiger partial charge in [0.1, 0.15) is 12.0 Å². The van der Waals surface area contributed by atoms with Gasteiger partial charge in [-0.15, -0.1) is 0 Å².